The molecule has 1 aliphatic rings. The summed E-state index contributed by atoms with van der Waals surface area (Å²) in [6.45, 7) is 7.43. The number of nitrogens with one attached hydrogen (secondary N) is 2. The van der Waals surface area contributed by atoms with Crippen LogP contribution in [0.2, 0.25) is 0 Å². The molecule has 0 amide bonds. The second-order valence-corrected chi connectivity index (χ2v) is 4.08. The van der Waals surface area contributed by atoms with Crippen molar-refractivity contribution in [2.24, 2.45) is 5.41 Å². The standard InChI is InChI=1S/C8H16N2S/c1-8(2)6-9-4-3-5-10-7(8)11/h9H,3-6H2,1-2H3,(H,10,11). The summed E-state index contributed by atoms with van der Waals surface area (Å²) in [5, 5.41) is 6.65. The SMILES string of the molecule is CC1(C)CNCCCNC1=S. The highest BCUT2D eigenvalue weighted by atomic mass is 32.1. The van der Waals surface area contributed by atoms with Crippen LogP contribution in [-0.4, -0.2) is 24.6 Å². The first-order chi connectivity index (χ1) is 5.13. The van der Waals surface area contributed by atoms with Gasteiger partial charge in [-0.3, -0.25) is 0 Å². The molecule has 0 aromatic carbocycles. The molecule has 1 fully saturated rings. The second kappa shape index (κ2) is 3.50. The third-order valence-electron chi connectivity index (χ3n) is 2.00. The Labute approximate surface area is 73.7 Å². The first kappa shape index (κ1) is 8.94. The molecule has 1 saturated heterocycles. The van der Waals surface area contributed by atoms with E-state index in [2.05, 4.69) is 24.5 Å². The second-order valence-electron chi connectivity index (χ2n) is 3.67. The molecule has 1 heterocycles. The maximum atomic E-state index is 5.24. The van der Waals surface area contributed by atoms with Crippen molar-refractivity contribution in [3.8, 4) is 0 Å². The van der Waals surface area contributed by atoms with Crippen LogP contribution in [0.25, 0.3) is 0 Å². The zero-order valence-electron chi connectivity index (χ0n) is 7.24. The van der Waals surface area contributed by atoms with Crippen LogP contribution in [0.4, 0.5) is 0 Å². The summed E-state index contributed by atoms with van der Waals surface area (Å²) in [5.41, 5.74) is 0.121. The van der Waals surface area contributed by atoms with E-state index in [4.69, 9.17) is 12.2 Å². The number of hydrogen-bond donors (Lipinski definition) is 2. The number of thiocarbonyl (C=S) groups is 1. The monoisotopic (exact) mass is 172 g/mol. The highest BCUT2D eigenvalue weighted by molar-refractivity contribution is 7.80. The first-order valence-corrected chi connectivity index (χ1v) is 4.53. The third-order valence-corrected chi connectivity index (χ3v) is 2.69. The minimum Gasteiger partial charge on any atom is -0.379 e. The van der Waals surface area contributed by atoms with Crippen molar-refractivity contribution >= 4 is 17.2 Å². The topological polar surface area (TPSA) is 24.1 Å². The molecule has 1 rings (SSSR count). The summed E-state index contributed by atoms with van der Waals surface area (Å²) in [6, 6.07) is 0. The average Bonchev–Trinajstić information content (AvgIpc) is 1.93. The van der Waals surface area contributed by atoms with E-state index in [1.807, 2.05) is 0 Å². The Morgan fingerprint density at radius 2 is 2.09 bits per heavy atom. The lowest BCUT2D eigenvalue weighted by molar-refractivity contribution is 0.439. The molecule has 0 aromatic rings. The van der Waals surface area contributed by atoms with Crippen molar-refractivity contribution in [2.75, 3.05) is 19.6 Å². The van der Waals surface area contributed by atoms with E-state index in [-0.39, 0.29) is 5.41 Å². The predicted molar refractivity (Wildman–Crippen MR) is 51.9 cm³/mol. The van der Waals surface area contributed by atoms with Crippen LogP contribution in [0.5, 0.6) is 0 Å². The summed E-state index contributed by atoms with van der Waals surface area (Å²) >= 11 is 5.24. The summed E-state index contributed by atoms with van der Waals surface area (Å²) in [7, 11) is 0. The fourth-order valence-corrected chi connectivity index (χ4v) is 1.31. The normalized spacial score (nSPS) is 25.1. The molecule has 0 radical (unpaired) electrons. The van der Waals surface area contributed by atoms with Gasteiger partial charge in [-0.1, -0.05) is 26.1 Å². The highest BCUT2D eigenvalue weighted by Crippen LogP contribution is 2.15. The maximum absolute atomic E-state index is 5.24. The molecular weight excluding hydrogens is 156 g/mol. The molecule has 0 spiro atoms. The van der Waals surface area contributed by atoms with Gasteiger partial charge in [0.25, 0.3) is 0 Å². The lowest BCUT2D eigenvalue weighted by Crippen LogP contribution is -2.45. The summed E-state index contributed by atoms with van der Waals surface area (Å²) < 4.78 is 0. The molecule has 3 heteroatoms. The largest absolute Gasteiger partial charge is 0.379 e. The van der Waals surface area contributed by atoms with Gasteiger partial charge in [0.05, 0.1) is 4.99 Å². The van der Waals surface area contributed by atoms with E-state index in [0.717, 1.165) is 31.0 Å². The molecule has 0 aromatic heterocycles. The van der Waals surface area contributed by atoms with Gasteiger partial charge < -0.3 is 10.6 Å². The van der Waals surface area contributed by atoms with Gasteiger partial charge in [0, 0.05) is 18.5 Å². The molecule has 2 nitrogen and oxygen atoms in total. The van der Waals surface area contributed by atoms with Gasteiger partial charge in [-0.2, -0.15) is 0 Å². The van der Waals surface area contributed by atoms with Crippen LogP contribution in [-0.2, 0) is 0 Å². The van der Waals surface area contributed by atoms with Crippen molar-refractivity contribution in [2.45, 2.75) is 20.3 Å². The van der Waals surface area contributed by atoms with Crippen molar-refractivity contribution in [3.05, 3.63) is 0 Å². The van der Waals surface area contributed by atoms with E-state index in [1.165, 1.54) is 0 Å². The van der Waals surface area contributed by atoms with E-state index in [0.29, 0.717) is 0 Å². The molecule has 11 heavy (non-hydrogen) atoms. The minimum absolute atomic E-state index is 0.121. The molecule has 0 aliphatic carbocycles. The molecule has 0 bridgehead atoms. The van der Waals surface area contributed by atoms with Crippen molar-refractivity contribution in [1.29, 1.82) is 0 Å². The van der Waals surface area contributed by atoms with E-state index >= 15 is 0 Å². The van der Waals surface area contributed by atoms with Crippen molar-refractivity contribution < 1.29 is 0 Å². The van der Waals surface area contributed by atoms with Gasteiger partial charge in [-0.05, 0) is 13.0 Å². The van der Waals surface area contributed by atoms with Crippen LogP contribution in [0, 0.1) is 5.41 Å². The van der Waals surface area contributed by atoms with Crippen LogP contribution in [0.3, 0.4) is 0 Å². The molecule has 0 saturated carbocycles. The Bertz CT molecular complexity index is 154. The summed E-state index contributed by atoms with van der Waals surface area (Å²) in [5.74, 6) is 0. The number of rotatable bonds is 0. The average molecular weight is 172 g/mol. The molecular formula is C8H16N2S. The fraction of sp³-hybridized carbons (Fsp3) is 0.875. The number of hydrogen-bond acceptors (Lipinski definition) is 2. The lowest BCUT2D eigenvalue weighted by Gasteiger charge is -2.29. The molecule has 0 atom stereocenters. The minimum atomic E-state index is 0.121. The Morgan fingerprint density at radius 1 is 1.36 bits per heavy atom. The van der Waals surface area contributed by atoms with Crippen LogP contribution >= 0.6 is 12.2 Å². The van der Waals surface area contributed by atoms with Crippen molar-refractivity contribution in [1.82, 2.24) is 10.6 Å². The quantitative estimate of drug-likeness (QED) is 0.531. The van der Waals surface area contributed by atoms with E-state index in [1.54, 1.807) is 0 Å². The van der Waals surface area contributed by atoms with E-state index in [9.17, 15) is 0 Å². The Balaban J connectivity index is 2.54. The van der Waals surface area contributed by atoms with Crippen molar-refractivity contribution in [3.63, 3.8) is 0 Å². The smallest absolute Gasteiger partial charge is 0.0823 e. The van der Waals surface area contributed by atoms with Crippen LogP contribution < -0.4 is 10.6 Å². The summed E-state index contributed by atoms with van der Waals surface area (Å²) in [6.07, 6.45) is 1.16. The van der Waals surface area contributed by atoms with Gasteiger partial charge in [-0.15, -0.1) is 0 Å². The van der Waals surface area contributed by atoms with Gasteiger partial charge in [0.15, 0.2) is 0 Å². The van der Waals surface area contributed by atoms with Gasteiger partial charge in [-0.25, -0.2) is 0 Å². The molecule has 0 unspecified atom stereocenters. The van der Waals surface area contributed by atoms with Gasteiger partial charge >= 0.3 is 0 Å². The Hall–Kier alpha value is -0.150. The molecule has 64 valence electrons. The Morgan fingerprint density at radius 3 is 2.82 bits per heavy atom. The third kappa shape index (κ3) is 2.42. The first-order valence-electron chi connectivity index (χ1n) is 4.12. The van der Waals surface area contributed by atoms with Crippen LogP contribution in [0.1, 0.15) is 20.3 Å². The lowest BCUT2D eigenvalue weighted by atomic mass is 9.92. The molecule has 1 aliphatic heterocycles. The van der Waals surface area contributed by atoms with Gasteiger partial charge in [0.1, 0.15) is 0 Å². The highest BCUT2D eigenvalue weighted by Gasteiger charge is 2.23. The predicted octanol–water partition coefficient (Wildman–Crippen LogP) is 0.923. The summed E-state index contributed by atoms with van der Waals surface area (Å²) in [4.78, 5) is 0.990. The molecule has 2 N–H and O–H groups in total. The van der Waals surface area contributed by atoms with Crippen LogP contribution in [0.15, 0.2) is 0 Å². The zero-order chi connectivity index (χ0) is 8.32. The zero-order valence-corrected chi connectivity index (χ0v) is 8.05. The maximum Gasteiger partial charge on any atom is 0.0823 e. The van der Waals surface area contributed by atoms with Gasteiger partial charge in [0.2, 0.25) is 0 Å². The fourth-order valence-electron chi connectivity index (χ4n) is 1.14. The Kier molecular flexibility index (Phi) is 2.84. The van der Waals surface area contributed by atoms with E-state index < -0.39 is 0 Å².